The molecule has 1 atom stereocenters. The summed E-state index contributed by atoms with van der Waals surface area (Å²) in [5.41, 5.74) is 7.97. The molecular weight excluding hydrogens is 302 g/mol. The first-order chi connectivity index (χ1) is 9.15. The van der Waals surface area contributed by atoms with E-state index in [0.29, 0.717) is 5.96 Å². The summed E-state index contributed by atoms with van der Waals surface area (Å²) in [6.07, 6.45) is 0. The third kappa shape index (κ3) is 4.10. The lowest BCUT2D eigenvalue weighted by molar-refractivity contribution is 0.817. The lowest BCUT2D eigenvalue weighted by atomic mass is 10.1. The van der Waals surface area contributed by atoms with Gasteiger partial charge < -0.3 is 11.1 Å². The van der Waals surface area contributed by atoms with E-state index in [-0.39, 0.29) is 6.04 Å². The van der Waals surface area contributed by atoms with Crippen molar-refractivity contribution in [1.29, 1.82) is 0 Å². The Balaban J connectivity index is 2.06. The van der Waals surface area contributed by atoms with Gasteiger partial charge in [0.2, 0.25) is 0 Å². The van der Waals surface area contributed by atoms with Gasteiger partial charge in [0.15, 0.2) is 5.96 Å². The molecule has 2 aromatic carbocycles. The fraction of sp³-hybridized carbons (Fsp3) is 0.133. The van der Waals surface area contributed by atoms with Crippen molar-refractivity contribution in [2.45, 2.75) is 13.0 Å². The molecule has 3 nitrogen and oxygen atoms in total. The van der Waals surface area contributed by atoms with Gasteiger partial charge in [-0.3, -0.25) is 0 Å². The Morgan fingerprint density at radius 1 is 1.11 bits per heavy atom. The van der Waals surface area contributed by atoms with Gasteiger partial charge in [0.1, 0.15) is 0 Å². The van der Waals surface area contributed by atoms with Crippen molar-refractivity contribution >= 4 is 27.6 Å². The van der Waals surface area contributed by atoms with Crippen LogP contribution in [0.4, 0.5) is 5.69 Å². The normalized spacial score (nSPS) is 13.1. The standard InChI is InChI=1S/C15H16BrN3/c1-11(12-7-9-13(16)10-8-12)18-15(17)19-14-5-3-2-4-6-14/h2-11H,1H3,(H3,17,18,19). The fourth-order valence-corrected chi connectivity index (χ4v) is 1.99. The molecule has 3 N–H and O–H groups in total. The topological polar surface area (TPSA) is 50.4 Å². The highest BCUT2D eigenvalue weighted by molar-refractivity contribution is 9.10. The van der Waals surface area contributed by atoms with E-state index in [9.17, 15) is 0 Å². The second kappa shape index (κ2) is 6.38. The number of guanidine groups is 1. The van der Waals surface area contributed by atoms with Gasteiger partial charge >= 0.3 is 0 Å². The number of nitrogens with one attached hydrogen (secondary N) is 1. The molecular formula is C15H16BrN3. The van der Waals surface area contributed by atoms with Crippen molar-refractivity contribution in [2.24, 2.45) is 10.7 Å². The minimum atomic E-state index is 0.0179. The lowest BCUT2D eigenvalue weighted by Crippen LogP contribution is -2.23. The molecule has 0 aliphatic rings. The zero-order valence-corrected chi connectivity index (χ0v) is 12.3. The molecule has 19 heavy (non-hydrogen) atoms. The Kier molecular flexibility index (Phi) is 4.58. The number of nitrogens with zero attached hydrogens (tertiary/aromatic N) is 1. The first-order valence-electron chi connectivity index (χ1n) is 6.06. The Morgan fingerprint density at radius 3 is 2.37 bits per heavy atom. The van der Waals surface area contributed by atoms with E-state index in [1.165, 1.54) is 0 Å². The van der Waals surface area contributed by atoms with Crippen molar-refractivity contribution in [2.75, 3.05) is 5.32 Å². The van der Waals surface area contributed by atoms with Gasteiger partial charge in [0.05, 0.1) is 6.04 Å². The summed E-state index contributed by atoms with van der Waals surface area (Å²) in [7, 11) is 0. The molecule has 0 saturated heterocycles. The Bertz CT molecular complexity index is 549. The SMILES string of the molecule is CC(N=C(N)Nc1ccccc1)c1ccc(Br)cc1. The summed E-state index contributed by atoms with van der Waals surface area (Å²) < 4.78 is 1.06. The molecule has 2 rings (SSSR count). The molecule has 0 spiro atoms. The van der Waals surface area contributed by atoms with E-state index in [1.54, 1.807) is 0 Å². The summed E-state index contributed by atoms with van der Waals surface area (Å²) in [6.45, 7) is 2.02. The molecule has 0 saturated carbocycles. The molecule has 0 aliphatic heterocycles. The molecule has 0 aliphatic carbocycles. The average molecular weight is 318 g/mol. The van der Waals surface area contributed by atoms with Crippen LogP contribution in [0.3, 0.4) is 0 Å². The molecule has 98 valence electrons. The van der Waals surface area contributed by atoms with Gasteiger partial charge in [-0.2, -0.15) is 0 Å². The lowest BCUT2D eigenvalue weighted by Gasteiger charge is -2.10. The third-order valence-electron chi connectivity index (χ3n) is 2.73. The molecule has 4 heteroatoms. The van der Waals surface area contributed by atoms with Crippen molar-refractivity contribution in [3.8, 4) is 0 Å². The maximum atomic E-state index is 5.90. The predicted molar refractivity (Wildman–Crippen MR) is 84.2 cm³/mol. The van der Waals surface area contributed by atoms with Gasteiger partial charge in [0, 0.05) is 10.2 Å². The Hall–Kier alpha value is -1.81. The number of rotatable bonds is 3. The number of halogens is 1. The summed E-state index contributed by atoms with van der Waals surface area (Å²) in [4.78, 5) is 4.44. The van der Waals surface area contributed by atoms with Crippen LogP contribution < -0.4 is 11.1 Å². The van der Waals surface area contributed by atoms with Gasteiger partial charge in [0.25, 0.3) is 0 Å². The number of hydrogen-bond donors (Lipinski definition) is 2. The third-order valence-corrected chi connectivity index (χ3v) is 3.26. The number of aliphatic imine (C=N–C) groups is 1. The zero-order chi connectivity index (χ0) is 13.7. The number of hydrogen-bond acceptors (Lipinski definition) is 1. The monoisotopic (exact) mass is 317 g/mol. The molecule has 0 heterocycles. The van der Waals surface area contributed by atoms with Crippen molar-refractivity contribution < 1.29 is 0 Å². The first kappa shape index (κ1) is 13.6. The molecule has 2 aromatic rings. The highest BCUT2D eigenvalue weighted by Gasteiger charge is 2.04. The van der Waals surface area contributed by atoms with Gasteiger partial charge in [-0.25, -0.2) is 4.99 Å². The van der Waals surface area contributed by atoms with Crippen LogP contribution in [0.25, 0.3) is 0 Å². The smallest absolute Gasteiger partial charge is 0.193 e. The van der Waals surface area contributed by atoms with Crippen LogP contribution in [0.5, 0.6) is 0 Å². The van der Waals surface area contributed by atoms with Crippen LogP contribution in [0.15, 0.2) is 64.1 Å². The maximum absolute atomic E-state index is 5.90. The quantitative estimate of drug-likeness (QED) is 0.665. The molecule has 0 aromatic heterocycles. The minimum absolute atomic E-state index is 0.0179. The summed E-state index contributed by atoms with van der Waals surface area (Å²) in [5, 5.41) is 3.07. The van der Waals surface area contributed by atoms with Crippen LogP contribution in [-0.4, -0.2) is 5.96 Å². The number of nitrogens with two attached hydrogens (primary N) is 1. The molecule has 0 amide bonds. The van der Waals surface area contributed by atoms with Gasteiger partial charge in [-0.15, -0.1) is 0 Å². The van der Waals surface area contributed by atoms with Crippen molar-refractivity contribution in [3.63, 3.8) is 0 Å². The molecule has 0 fully saturated rings. The predicted octanol–water partition coefficient (Wildman–Crippen LogP) is 3.94. The van der Waals surface area contributed by atoms with E-state index >= 15 is 0 Å². The van der Waals surface area contributed by atoms with E-state index < -0.39 is 0 Å². The van der Waals surface area contributed by atoms with Crippen LogP contribution in [0.2, 0.25) is 0 Å². The maximum Gasteiger partial charge on any atom is 0.193 e. The molecule has 1 unspecified atom stereocenters. The van der Waals surface area contributed by atoms with Crippen LogP contribution in [0, 0.1) is 0 Å². The van der Waals surface area contributed by atoms with E-state index in [2.05, 4.69) is 26.2 Å². The van der Waals surface area contributed by atoms with Crippen LogP contribution >= 0.6 is 15.9 Å². The molecule has 0 radical (unpaired) electrons. The second-order valence-corrected chi connectivity index (χ2v) is 5.15. The van der Waals surface area contributed by atoms with Crippen molar-refractivity contribution in [3.05, 3.63) is 64.6 Å². The highest BCUT2D eigenvalue weighted by Crippen LogP contribution is 2.19. The summed E-state index contributed by atoms with van der Waals surface area (Å²) in [5.74, 6) is 0.418. The van der Waals surface area contributed by atoms with E-state index in [4.69, 9.17) is 5.73 Å². The van der Waals surface area contributed by atoms with Gasteiger partial charge in [-0.05, 0) is 36.8 Å². The second-order valence-electron chi connectivity index (χ2n) is 4.23. The average Bonchev–Trinajstić information content (AvgIpc) is 2.40. The largest absolute Gasteiger partial charge is 0.370 e. The van der Waals surface area contributed by atoms with Crippen LogP contribution in [0.1, 0.15) is 18.5 Å². The zero-order valence-electron chi connectivity index (χ0n) is 10.7. The number of anilines is 1. The number of para-hydroxylation sites is 1. The summed E-state index contributed by atoms with van der Waals surface area (Å²) in [6, 6.07) is 17.9. The minimum Gasteiger partial charge on any atom is -0.370 e. The Labute approximate surface area is 121 Å². The Morgan fingerprint density at radius 2 is 1.74 bits per heavy atom. The van der Waals surface area contributed by atoms with E-state index in [0.717, 1.165) is 15.7 Å². The molecule has 0 bridgehead atoms. The van der Waals surface area contributed by atoms with Crippen molar-refractivity contribution in [1.82, 2.24) is 0 Å². The highest BCUT2D eigenvalue weighted by atomic mass is 79.9. The van der Waals surface area contributed by atoms with Gasteiger partial charge in [-0.1, -0.05) is 46.3 Å². The summed E-state index contributed by atoms with van der Waals surface area (Å²) >= 11 is 3.42. The number of benzene rings is 2. The first-order valence-corrected chi connectivity index (χ1v) is 6.85. The fourth-order valence-electron chi connectivity index (χ4n) is 1.73. The van der Waals surface area contributed by atoms with E-state index in [1.807, 2.05) is 61.5 Å². The van der Waals surface area contributed by atoms with Crippen LogP contribution in [-0.2, 0) is 0 Å².